The number of thioether (sulfide) groups is 1. The summed E-state index contributed by atoms with van der Waals surface area (Å²) in [6.07, 6.45) is 1.71. The number of nitrogens with zero attached hydrogens (tertiary/aromatic N) is 3. The average molecular weight is 304 g/mol. The van der Waals surface area contributed by atoms with Gasteiger partial charge >= 0.3 is 0 Å². The monoisotopic (exact) mass is 304 g/mol. The van der Waals surface area contributed by atoms with Crippen LogP contribution >= 0.6 is 11.8 Å². The van der Waals surface area contributed by atoms with Gasteiger partial charge in [0.2, 0.25) is 0 Å². The smallest absolute Gasteiger partial charge is 0.268 e. The maximum atomic E-state index is 12.0. The third-order valence-electron chi connectivity index (χ3n) is 3.08. The van der Waals surface area contributed by atoms with Gasteiger partial charge in [-0.05, 0) is 12.1 Å². The zero-order valence-electron chi connectivity index (χ0n) is 12.1. The second-order valence-corrected chi connectivity index (χ2v) is 5.82. The highest BCUT2D eigenvalue weighted by atomic mass is 32.2. The van der Waals surface area contributed by atoms with Crippen molar-refractivity contribution in [3.63, 3.8) is 0 Å². The van der Waals surface area contributed by atoms with E-state index in [9.17, 15) is 4.79 Å². The molecule has 112 valence electrons. The van der Waals surface area contributed by atoms with E-state index in [0.29, 0.717) is 19.6 Å². The van der Waals surface area contributed by atoms with Crippen LogP contribution in [0.25, 0.3) is 0 Å². The van der Waals surface area contributed by atoms with E-state index in [2.05, 4.69) is 17.2 Å². The van der Waals surface area contributed by atoms with Gasteiger partial charge in [-0.15, -0.1) is 11.8 Å². The molecule has 0 unspecified atom stereocenters. The van der Waals surface area contributed by atoms with Crippen molar-refractivity contribution in [1.29, 1.82) is 0 Å². The van der Waals surface area contributed by atoms with Crippen LogP contribution in [0.3, 0.4) is 0 Å². The Morgan fingerprint density at radius 3 is 2.76 bits per heavy atom. The van der Waals surface area contributed by atoms with Gasteiger partial charge in [0.15, 0.2) is 0 Å². The Morgan fingerprint density at radius 1 is 1.33 bits per heavy atom. The van der Waals surface area contributed by atoms with Gasteiger partial charge in [0, 0.05) is 36.9 Å². The second-order valence-electron chi connectivity index (χ2n) is 4.65. The Morgan fingerprint density at radius 2 is 2.10 bits per heavy atom. The van der Waals surface area contributed by atoms with Crippen molar-refractivity contribution in [2.45, 2.75) is 11.4 Å². The summed E-state index contributed by atoms with van der Waals surface area (Å²) >= 11 is 1.72. The first kappa shape index (κ1) is 15.6. The summed E-state index contributed by atoms with van der Waals surface area (Å²) in [6, 6.07) is 11.7. The van der Waals surface area contributed by atoms with E-state index in [4.69, 9.17) is 5.73 Å². The maximum Gasteiger partial charge on any atom is 0.268 e. The van der Waals surface area contributed by atoms with E-state index in [1.54, 1.807) is 24.0 Å². The quantitative estimate of drug-likeness (QED) is 0.784. The Labute approximate surface area is 128 Å². The van der Waals surface area contributed by atoms with Crippen molar-refractivity contribution < 1.29 is 0 Å². The summed E-state index contributed by atoms with van der Waals surface area (Å²) < 4.78 is 1.50. The molecule has 0 fully saturated rings. The molecule has 0 radical (unpaired) electrons. The van der Waals surface area contributed by atoms with E-state index in [1.807, 2.05) is 30.1 Å². The zero-order valence-corrected chi connectivity index (χ0v) is 12.9. The lowest BCUT2D eigenvalue weighted by Crippen LogP contribution is -2.29. The fourth-order valence-electron chi connectivity index (χ4n) is 1.89. The maximum absolute atomic E-state index is 12.0. The standard InChI is InChI=1S/C15H20N4OS/c1-18(8-7-16)13-11-15(20)19(17-12-13)9-10-21-14-5-3-2-4-6-14/h2-6,11-12H,7-10,16H2,1H3. The molecule has 2 aromatic rings. The van der Waals surface area contributed by atoms with Crippen LogP contribution < -0.4 is 16.2 Å². The van der Waals surface area contributed by atoms with Gasteiger partial charge in [0.1, 0.15) is 0 Å². The summed E-state index contributed by atoms with van der Waals surface area (Å²) in [5, 5.41) is 4.22. The lowest BCUT2D eigenvalue weighted by molar-refractivity contribution is 0.620. The first-order chi connectivity index (χ1) is 10.2. The number of hydrogen-bond acceptors (Lipinski definition) is 5. The molecule has 1 heterocycles. The fraction of sp³-hybridized carbons (Fsp3) is 0.333. The van der Waals surface area contributed by atoms with Crippen molar-refractivity contribution in [3.8, 4) is 0 Å². The summed E-state index contributed by atoms with van der Waals surface area (Å²) in [6.45, 7) is 1.85. The van der Waals surface area contributed by atoms with Gasteiger partial charge in [-0.3, -0.25) is 4.79 Å². The molecule has 0 atom stereocenters. The molecular weight excluding hydrogens is 284 g/mol. The van der Waals surface area contributed by atoms with Gasteiger partial charge < -0.3 is 10.6 Å². The minimum absolute atomic E-state index is 0.0787. The van der Waals surface area contributed by atoms with Crippen molar-refractivity contribution >= 4 is 17.4 Å². The molecule has 0 saturated carbocycles. The lowest BCUT2D eigenvalue weighted by Gasteiger charge is -2.17. The van der Waals surface area contributed by atoms with Gasteiger partial charge in [0.25, 0.3) is 5.56 Å². The third-order valence-corrected chi connectivity index (χ3v) is 4.07. The van der Waals surface area contributed by atoms with E-state index < -0.39 is 0 Å². The van der Waals surface area contributed by atoms with E-state index in [-0.39, 0.29) is 5.56 Å². The van der Waals surface area contributed by atoms with Crippen molar-refractivity contribution in [2.75, 3.05) is 30.8 Å². The van der Waals surface area contributed by atoms with E-state index in [0.717, 1.165) is 11.4 Å². The van der Waals surface area contributed by atoms with E-state index in [1.165, 1.54) is 9.58 Å². The molecule has 0 bridgehead atoms. The van der Waals surface area contributed by atoms with Crippen molar-refractivity contribution in [1.82, 2.24) is 9.78 Å². The van der Waals surface area contributed by atoms with Crippen LogP contribution in [0, 0.1) is 0 Å². The first-order valence-electron chi connectivity index (χ1n) is 6.87. The largest absolute Gasteiger partial charge is 0.372 e. The molecule has 0 aliphatic rings. The van der Waals surface area contributed by atoms with Crippen molar-refractivity contribution in [2.24, 2.45) is 5.73 Å². The highest BCUT2D eigenvalue weighted by Gasteiger charge is 2.04. The molecular formula is C15H20N4OS. The highest BCUT2D eigenvalue weighted by Crippen LogP contribution is 2.16. The third kappa shape index (κ3) is 4.61. The molecule has 2 rings (SSSR count). The van der Waals surface area contributed by atoms with Crippen LogP contribution in [0.4, 0.5) is 5.69 Å². The van der Waals surface area contributed by atoms with Crippen LogP contribution in [0.15, 0.2) is 52.3 Å². The van der Waals surface area contributed by atoms with Gasteiger partial charge in [-0.25, -0.2) is 4.68 Å². The average Bonchev–Trinajstić information content (AvgIpc) is 2.50. The number of likely N-dealkylation sites (N-methyl/N-ethyl adjacent to an activating group) is 1. The lowest BCUT2D eigenvalue weighted by atomic mass is 10.4. The minimum atomic E-state index is -0.0787. The first-order valence-corrected chi connectivity index (χ1v) is 7.85. The second kappa shape index (κ2) is 7.85. The van der Waals surface area contributed by atoms with E-state index >= 15 is 0 Å². The molecule has 21 heavy (non-hydrogen) atoms. The summed E-state index contributed by atoms with van der Waals surface area (Å²) in [5.41, 5.74) is 6.23. The number of aryl methyl sites for hydroxylation is 1. The van der Waals surface area contributed by atoms with Crippen LogP contribution in [0.5, 0.6) is 0 Å². The number of rotatable bonds is 7. The molecule has 2 N–H and O–H groups in total. The molecule has 0 saturated heterocycles. The number of aromatic nitrogens is 2. The minimum Gasteiger partial charge on any atom is -0.372 e. The highest BCUT2D eigenvalue weighted by molar-refractivity contribution is 7.99. The summed E-state index contributed by atoms with van der Waals surface area (Å²) in [4.78, 5) is 15.2. The number of hydrogen-bond donors (Lipinski definition) is 1. The molecule has 6 heteroatoms. The topological polar surface area (TPSA) is 64.2 Å². The Hall–Kier alpha value is -1.79. The molecule has 0 spiro atoms. The fourth-order valence-corrected chi connectivity index (χ4v) is 2.74. The van der Waals surface area contributed by atoms with Crippen LogP contribution in [0.1, 0.15) is 0 Å². The van der Waals surface area contributed by atoms with Crippen molar-refractivity contribution in [3.05, 3.63) is 52.9 Å². The predicted molar refractivity (Wildman–Crippen MR) is 88.0 cm³/mol. The van der Waals surface area contributed by atoms with Gasteiger partial charge in [-0.1, -0.05) is 18.2 Å². The summed E-state index contributed by atoms with van der Waals surface area (Å²) in [5.74, 6) is 0.814. The molecule has 1 aromatic heterocycles. The SMILES string of the molecule is CN(CCN)c1cnn(CCSc2ccccc2)c(=O)c1. The summed E-state index contributed by atoms with van der Waals surface area (Å²) in [7, 11) is 1.90. The Kier molecular flexibility index (Phi) is 5.83. The van der Waals surface area contributed by atoms with Crippen LogP contribution in [0.2, 0.25) is 0 Å². The molecule has 0 aliphatic carbocycles. The number of anilines is 1. The molecule has 0 aliphatic heterocycles. The normalized spacial score (nSPS) is 10.6. The van der Waals surface area contributed by atoms with Crippen LogP contribution in [-0.4, -0.2) is 35.7 Å². The Balaban J connectivity index is 1.93. The van der Waals surface area contributed by atoms with Gasteiger partial charge in [0.05, 0.1) is 18.4 Å². The zero-order chi connectivity index (χ0) is 15.1. The van der Waals surface area contributed by atoms with Gasteiger partial charge in [-0.2, -0.15) is 5.10 Å². The number of nitrogens with two attached hydrogens (primary N) is 1. The predicted octanol–water partition coefficient (Wildman–Crippen LogP) is 1.43. The molecule has 1 aromatic carbocycles. The molecule has 5 nitrogen and oxygen atoms in total. The molecule has 0 amide bonds. The van der Waals surface area contributed by atoms with Crippen LogP contribution in [-0.2, 0) is 6.54 Å². The Bertz CT molecular complexity index is 615. The number of benzene rings is 1.